The number of carbonyl (C=O) groups excluding carboxylic acids is 1. The zero-order valence-electron chi connectivity index (χ0n) is 11.0. The van der Waals surface area contributed by atoms with E-state index in [4.69, 9.17) is 9.84 Å². The zero-order valence-corrected chi connectivity index (χ0v) is 11.0. The van der Waals surface area contributed by atoms with Crippen molar-refractivity contribution in [3.63, 3.8) is 0 Å². The number of aryl methyl sites for hydroxylation is 1. The summed E-state index contributed by atoms with van der Waals surface area (Å²) >= 11 is 0. The molecular formula is C13H13N3O4. The van der Waals surface area contributed by atoms with Gasteiger partial charge in [0.05, 0.1) is 7.11 Å². The number of nitrogens with one attached hydrogen (secondary N) is 1. The van der Waals surface area contributed by atoms with E-state index >= 15 is 0 Å². The number of aromatic carboxylic acids is 1. The quantitative estimate of drug-likeness (QED) is 0.879. The van der Waals surface area contributed by atoms with Crippen molar-refractivity contribution in [3.05, 3.63) is 41.7 Å². The third-order valence-electron chi connectivity index (χ3n) is 2.62. The minimum atomic E-state index is -1.20. The number of anilines is 1. The largest absolute Gasteiger partial charge is 0.497 e. The molecule has 0 saturated carbocycles. The van der Waals surface area contributed by atoms with Gasteiger partial charge in [0, 0.05) is 18.9 Å². The van der Waals surface area contributed by atoms with Gasteiger partial charge in [0.1, 0.15) is 11.3 Å². The van der Waals surface area contributed by atoms with Gasteiger partial charge in [0.15, 0.2) is 5.69 Å². The molecule has 1 amide bonds. The van der Waals surface area contributed by atoms with Crippen molar-refractivity contribution in [3.8, 4) is 5.75 Å². The lowest BCUT2D eigenvalue weighted by atomic mass is 10.2. The third-order valence-corrected chi connectivity index (χ3v) is 2.62. The smallest absolute Gasteiger partial charge is 0.339 e. The van der Waals surface area contributed by atoms with Gasteiger partial charge < -0.3 is 15.2 Å². The molecule has 0 atom stereocenters. The van der Waals surface area contributed by atoms with E-state index in [1.165, 1.54) is 10.9 Å². The third kappa shape index (κ3) is 2.77. The summed E-state index contributed by atoms with van der Waals surface area (Å²) in [5.74, 6) is -1.11. The predicted molar refractivity (Wildman–Crippen MR) is 71.1 cm³/mol. The number of ether oxygens (including phenoxy) is 1. The second kappa shape index (κ2) is 5.43. The highest BCUT2D eigenvalue weighted by atomic mass is 16.5. The number of rotatable bonds is 4. The van der Waals surface area contributed by atoms with Gasteiger partial charge in [-0.2, -0.15) is 5.10 Å². The Morgan fingerprint density at radius 3 is 2.50 bits per heavy atom. The molecule has 1 aromatic heterocycles. The molecule has 0 bridgehead atoms. The Kier molecular flexibility index (Phi) is 3.69. The molecule has 20 heavy (non-hydrogen) atoms. The van der Waals surface area contributed by atoms with Crippen LogP contribution in [0.25, 0.3) is 0 Å². The summed E-state index contributed by atoms with van der Waals surface area (Å²) < 4.78 is 6.29. The first-order valence-electron chi connectivity index (χ1n) is 5.73. The van der Waals surface area contributed by atoms with Crippen molar-refractivity contribution in [1.29, 1.82) is 0 Å². The van der Waals surface area contributed by atoms with Crippen molar-refractivity contribution in [2.75, 3.05) is 12.4 Å². The van der Waals surface area contributed by atoms with E-state index < -0.39 is 11.9 Å². The van der Waals surface area contributed by atoms with Crippen LogP contribution in [0, 0.1) is 0 Å². The summed E-state index contributed by atoms with van der Waals surface area (Å²) in [6.45, 7) is 0. The molecule has 1 aromatic carbocycles. The van der Waals surface area contributed by atoms with Crippen LogP contribution in [0.3, 0.4) is 0 Å². The van der Waals surface area contributed by atoms with Crippen molar-refractivity contribution in [2.24, 2.45) is 7.05 Å². The number of hydrogen-bond donors (Lipinski definition) is 2. The van der Waals surface area contributed by atoms with Crippen LogP contribution in [-0.4, -0.2) is 33.9 Å². The topological polar surface area (TPSA) is 93.5 Å². The Balaban J connectivity index is 2.21. The molecule has 0 fully saturated rings. The molecular weight excluding hydrogens is 262 g/mol. The van der Waals surface area contributed by atoms with E-state index in [0.29, 0.717) is 11.4 Å². The number of benzene rings is 1. The monoisotopic (exact) mass is 275 g/mol. The van der Waals surface area contributed by atoms with Gasteiger partial charge in [-0.05, 0) is 24.3 Å². The highest BCUT2D eigenvalue weighted by Crippen LogP contribution is 2.16. The van der Waals surface area contributed by atoms with Crippen LogP contribution < -0.4 is 10.1 Å². The summed E-state index contributed by atoms with van der Waals surface area (Å²) in [6, 6.07) is 6.68. The molecule has 2 aromatic rings. The van der Waals surface area contributed by atoms with Crippen LogP contribution in [0.5, 0.6) is 5.75 Å². The lowest BCUT2D eigenvalue weighted by molar-refractivity contribution is 0.0692. The molecule has 104 valence electrons. The Morgan fingerprint density at radius 2 is 1.95 bits per heavy atom. The summed E-state index contributed by atoms with van der Waals surface area (Å²) in [7, 11) is 3.09. The van der Waals surface area contributed by atoms with Crippen LogP contribution in [-0.2, 0) is 7.05 Å². The maximum atomic E-state index is 12.0. The summed E-state index contributed by atoms with van der Waals surface area (Å²) in [5.41, 5.74) is 0.257. The van der Waals surface area contributed by atoms with Crippen molar-refractivity contribution >= 4 is 17.6 Å². The van der Waals surface area contributed by atoms with Gasteiger partial charge >= 0.3 is 5.97 Å². The van der Waals surface area contributed by atoms with Crippen LogP contribution in [0.1, 0.15) is 20.8 Å². The van der Waals surface area contributed by atoms with Gasteiger partial charge in [-0.1, -0.05) is 0 Å². The number of carboxylic acids is 1. The van der Waals surface area contributed by atoms with E-state index in [0.717, 1.165) is 0 Å². The number of aromatic nitrogens is 2. The highest BCUT2D eigenvalue weighted by molar-refractivity contribution is 6.09. The molecule has 0 saturated heterocycles. The minimum Gasteiger partial charge on any atom is -0.497 e. The lowest BCUT2D eigenvalue weighted by Crippen LogP contribution is -2.16. The maximum absolute atomic E-state index is 12.0. The van der Waals surface area contributed by atoms with Gasteiger partial charge in [0.25, 0.3) is 5.91 Å². The highest BCUT2D eigenvalue weighted by Gasteiger charge is 2.21. The molecule has 0 aliphatic rings. The fourth-order valence-corrected chi connectivity index (χ4v) is 1.68. The van der Waals surface area contributed by atoms with Crippen LogP contribution in [0.2, 0.25) is 0 Å². The Bertz CT molecular complexity index is 646. The average molecular weight is 275 g/mol. The lowest BCUT2D eigenvalue weighted by Gasteiger charge is -2.05. The predicted octanol–water partition coefficient (Wildman–Crippen LogP) is 1.38. The SMILES string of the molecule is COc1ccc(NC(=O)c2nn(C)cc2C(=O)O)cc1. The van der Waals surface area contributed by atoms with E-state index in [9.17, 15) is 9.59 Å². The number of carboxylic acid groups (broad SMARTS) is 1. The minimum absolute atomic E-state index is 0.129. The molecule has 0 radical (unpaired) electrons. The van der Waals surface area contributed by atoms with E-state index in [-0.39, 0.29) is 11.3 Å². The molecule has 7 heteroatoms. The van der Waals surface area contributed by atoms with E-state index in [1.807, 2.05) is 0 Å². The first-order chi connectivity index (χ1) is 9.51. The molecule has 0 aliphatic heterocycles. The maximum Gasteiger partial charge on any atom is 0.339 e. The summed E-state index contributed by atoms with van der Waals surface area (Å²) in [4.78, 5) is 23.1. The zero-order chi connectivity index (χ0) is 14.7. The number of carbonyl (C=O) groups is 2. The van der Waals surface area contributed by atoms with E-state index in [1.54, 1.807) is 38.4 Å². The van der Waals surface area contributed by atoms with Gasteiger partial charge in [-0.15, -0.1) is 0 Å². The van der Waals surface area contributed by atoms with Crippen molar-refractivity contribution in [2.45, 2.75) is 0 Å². The molecule has 1 heterocycles. The number of methoxy groups -OCH3 is 1. The van der Waals surface area contributed by atoms with Crippen LogP contribution >= 0.6 is 0 Å². The fraction of sp³-hybridized carbons (Fsp3) is 0.154. The van der Waals surface area contributed by atoms with Gasteiger partial charge in [-0.3, -0.25) is 9.48 Å². The molecule has 0 unspecified atom stereocenters. The average Bonchev–Trinajstić information content (AvgIpc) is 2.82. The number of amides is 1. The van der Waals surface area contributed by atoms with Crippen LogP contribution in [0.15, 0.2) is 30.5 Å². The standard InChI is InChI=1S/C13H13N3O4/c1-16-7-10(13(18)19)11(15-16)12(17)14-8-3-5-9(20-2)6-4-8/h3-7H,1-2H3,(H,14,17)(H,18,19). The Morgan fingerprint density at radius 1 is 1.30 bits per heavy atom. The Labute approximate surface area is 114 Å². The van der Waals surface area contributed by atoms with Gasteiger partial charge in [0.2, 0.25) is 0 Å². The van der Waals surface area contributed by atoms with Crippen molar-refractivity contribution in [1.82, 2.24) is 9.78 Å². The second-order valence-electron chi connectivity index (χ2n) is 4.05. The second-order valence-corrected chi connectivity index (χ2v) is 4.05. The fourth-order valence-electron chi connectivity index (χ4n) is 1.68. The number of nitrogens with zero attached hydrogens (tertiary/aromatic N) is 2. The number of hydrogen-bond acceptors (Lipinski definition) is 4. The normalized spacial score (nSPS) is 10.1. The summed E-state index contributed by atoms with van der Waals surface area (Å²) in [5, 5.41) is 15.5. The van der Waals surface area contributed by atoms with Crippen LogP contribution in [0.4, 0.5) is 5.69 Å². The molecule has 2 N–H and O–H groups in total. The van der Waals surface area contributed by atoms with Gasteiger partial charge in [-0.25, -0.2) is 4.79 Å². The Hall–Kier alpha value is -2.83. The first kappa shape index (κ1) is 13.6. The molecule has 0 aliphatic carbocycles. The van der Waals surface area contributed by atoms with E-state index in [2.05, 4.69) is 10.4 Å². The van der Waals surface area contributed by atoms with Crippen molar-refractivity contribution < 1.29 is 19.4 Å². The molecule has 0 spiro atoms. The molecule has 2 rings (SSSR count). The molecule has 7 nitrogen and oxygen atoms in total. The first-order valence-corrected chi connectivity index (χ1v) is 5.73. The summed E-state index contributed by atoms with van der Waals surface area (Å²) in [6.07, 6.45) is 1.28.